The SMILES string of the molecule is CO[C@@H]1[C@@H](O[C@@H]2O[C@H](C)[C@@H](O[C@H]3C[C@@](C)(O)[C@H](OC(C)=O)[C@@H](C)O3)[C@H](N(C)C)[C@H]2O)[C@@H](CC=O)C[C@@H](C)[C@@H](O)/C=C/C=C/C[C@@H](C)OC(=O)C[C@H]1OC(C)=O. The minimum atomic E-state index is -1.49. The summed E-state index contributed by atoms with van der Waals surface area (Å²) < 4.78 is 48.0. The van der Waals surface area contributed by atoms with Crippen molar-refractivity contribution in [3.05, 3.63) is 24.3 Å². The number of aliphatic hydroxyl groups is 3. The normalized spacial score (nSPS) is 42.1. The van der Waals surface area contributed by atoms with E-state index in [-0.39, 0.29) is 19.3 Å². The maximum atomic E-state index is 13.2. The summed E-state index contributed by atoms with van der Waals surface area (Å²) in [7, 11) is 4.84. The van der Waals surface area contributed by atoms with Gasteiger partial charge in [-0.25, -0.2) is 0 Å². The molecule has 3 aliphatic heterocycles. The zero-order valence-electron chi connectivity index (χ0n) is 33.8. The zero-order chi connectivity index (χ0) is 41.2. The van der Waals surface area contributed by atoms with Gasteiger partial charge in [-0.2, -0.15) is 0 Å². The van der Waals surface area contributed by atoms with Crippen molar-refractivity contribution in [2.45, 2.75) is 166 Å². The van der Waals surface area contributed by atoms with Gasteiger partial charge in [0.15, 0.2) is 18.7 Å². The van der Waals surface area contributed by atoms with E-state index in [2.05, 4.69) is 0 Å². The summed E-state index contributed by atoms with van der Waals surface area (Å²) in [5, 5.41) is 34.3. The quantitative estimate of drug-likeness (QED) is 0.165. The first-order valence-corrected chi connectivity index (χ1v) is 19.0. The molecule has 0 spiro atoms. The van der Waals surface area contributed by atoms with Crippen LogP contribution in [-0.2, 0) is 57.1 Å². The molecule has 0 amide bonds. The molecule has 0 aromatic heterocycles. The second-order valence-electron chi connectivity index (χ2n) is 15.5. The summed E-state index contributed by atoms with van der Waals surface area (Å²) in [6, 6.07) is -0.778. The van der Waals surface area contributed by atoms with Gasteiger partial charge < -0.3 is 62.9 Å². The molecule has 2 saturated heterocycles. The van der Waals surface area contributed by atoms with Crippen LogP contribution in [0.25, 0.3) is 0 Å². The predicted octanol–water partition coefficient (Wildman–Crippen LogP) is 1.99. The number of hydrogen-bond donors (Lipinski definition) is 3. The summed E-state index contributed by atoms with van der Waals surface area (Å²) in [5.41, 5.74) is -1.49. The van der Waals surface area contributed by atoms with Crippen molar-refractivity contribution < 1.29 is 72.4 Å². The van der Waals surface area contributed by atoms with E-state index in [1.807, 2.05) is 6.92 Å². The van der Waals surface area contributed by atoms with Crippen molar-refractivity contribution in [3.63, 3.8) is 0 Å². The zero-order valence-corrected chi connectivity index (χ0v) is 33.8. The van der Waals surface area contributed by atoms with Gasteiger partial charge in [-0.3, -0.25) is 14.4 Å². The van der Waals surface area contributed by atoms with E-state index in [0.29, 0.717) is 12.7 Å². The second kappa shape index (κ2) is 21.1. The Morgan fingerprint density at radius 2 is 1.65 bits per heavy atom. The van der Waals surface area contributed by atoms with Gasteiger partial charge in [0, 0.05) is 40.2 Å². The Labute approximate surface area is 324 Å². The molecular formula is C39H63NO15. The molecule has 16 nitrogen and oxygen atoms in total. The van der Waals surface area contributed by atoms with Gasteiger partial charge in [0.25, 0.3) is 0 Å². The lowest BCUT2D eigenvalue weighted by Crippen LogP contribution is -2.66. The van der Waals surface area contributed by atoms with Crippen LogP contribution < -0.4 is 0 Å². The highest BCUT2D eigenvalue weighted by Crippen LogP contribution is 2.37. The molecule has 0 aromatic carbocycles. The van der Waals surface area contributed by atoms with Gasteiger partial charge in [0.05, 0.1) is 36.9 Å². The largest absolute Gasteiger partial charge is 0.462 e. The van der Waals surface area contributed by atoms with Crippen LogP contribution in [0.5, 0.6) is 0 Å². The number of esters is 3. The molecule has 0 saturated carbocycles. The third-order valence-electron chi connectivity index (χ3n) is 10.4. The molecule has 0 bridgehead atoms. The lowest BCUT2D eigenvalue weighted by atomic mass is 9.82. The minimum Gasteiger partial charge on any atom is -0.462 e. The molecule has 314 valence electrons. The molecule has 3 rings (SSSR count). The van der Waals surface area contributed by atoms with Crippen LogP contribution in [-0.4, -0.2) is 151 Å². The van der Waals surface area contributed by atoms with Gasteiger partial charge in [-0.05, 0) is 60.0 Å². The monoisotopic (exact) mass is 785 g/mol. The summed E-state index contributed by atoms with van der Waals surface area (Å²) in [6.45, 7) is 10.9. The molecular weight excluding hydrogens is 722 g/mol. The molecule has 2 fully saturated rings. The van der Waals surface area contributed by atoms with Gasteiger partial charge >= 0.3 is 17.9 Å². The molecule has 16 heteroatoms. The summed E-state index contributed by atoms with van der Waals surface area (Å²) >= 11 is 0. The third kappa shape index (κ3) is 13.1. The van der Waals surface area contributed by atoms with Crippen LogP contribution in [0.15, 0.2) is 24.3 Å². The lowest BCUT2D eigenvalue weighted by Gasteiger charge is -2.50. The molecule has 3 heterocycles. The highest BCUT2D eigenvalue weighted by Gasteiger charge is 2.52. The predicted molar refractivity (Wildman–Crippen MR) is 196 cm³/mol. The van der Waals surface area contributed by atoms with E-state index in [4.69, 9.17) is 37.9 Å². The molecule has 55 heavy (non-hydrogen) atoms. The standard InChI is InChI=1S/C39H63NO15/c1-21-18-27(16-17-41)35(36(48-10)29(52-25(5)42)19-30(45)49-22(2)14-12-11-13-15-28(21)44)55-38-33(46)32(40(8)9)34(23(3)51-38)54-31-20-39(7,47)37(24(4)50-31)53-26(6)43/h11-13,15,17,21-24,27-29,31-38,44,46-47H,14,16,18-20H2,1-10H3/b12-11+,15-13+/t21-,22-,23-,24-,27+,28+,29-,31+,32-,33-,34-,35+,36+,37-,38+,39-/m1/s1. The average molecular weight is 786 g/mol. The van der Waals surface area contributed by atoms with E-state index >= 15 is 0 Å². The molecule has 16 atom stereocenters. The number of methoxy groups -OCH3 is 1. The number of aliphatic hydroxyl groups excluding tert-OH is 2. The Hall–Kier alpha value is -2.80. The number of cyclic esters (lactones) is 1. The molecule has 0 unspecified atom stereocenters. The van der Waals surface area contributed by atoms with Crippen LogP contribution in [0, 0.1) is 11.8 Å². The first kappa shape index (κ1) is 46.6. The third-order valence-corrected chi connectivity index (χ3v) is 10.4. The van der Waals surface area contributed by atoms with Crippen LogP contribution in [0.1, 0.15) is 80.6 Å². The van der Waals surface area contributed by atoms with Crippen LogP contribution in [0.3, 0.4) is 0 Å². The topological polar surface area (TPSA) is 206 Å². The number of nitrogens with zero attached hydrogens (tertiary/aromatic N) is 1. The number of rotatable bonds is 10. The first-order chi connectivity index (χ1) is 25.8. The fourth-order valence-electron chi connectivity index (χ4n) is 7.73. The first-order valence-electron chi connectivity index (χ1n) is 19.0. The van der Waals surface area contributed by atoms with Crippen molar-refractivity contribution in [2.24, 2.45) is 11.8 Å². The number of allylic oxidation sites excluding steroid dienone is 2. The molecule has 3 N–H and O–H groups in total. The van der Waals surface area contributed by atoms with Crippen LogP contribution in [0.4, 0.5) is 0 Å². The fraction of sp³-hybridized carbons (Fsp3) is 0.795. The van der Waals surface area contributed by atoms with E-state index in [9.17, 15) is 34.5 Å². The minimum absolute atomic E-state index is 0.0477. The smallest absolute Gasteiger partial charge is 0.309 e. The molecule has 0 radical (unpaired) electrons. The van der Waals surface area contributed by atoms with E-state index in [0.717, 1.165) is 0 Å². The van der Waals surface area contributed by atoms with Gasteiger partial charge in [0.1, 0.15) is 42.4 Å². The number of hydrogen-bond acceptors (Lipinski definition) is 16. The maximum Gasteiger partial charge on any atom is 0.309 e. The van der Waals surface area contributed by atoms with Crippen molar-refractivity contribution in [2.75, 3.05) is 21.2 Å². The van der Waals surface area contributed by atoms with Crippen LogP contribution >= 0.6 is 0 Å². The Morgan fingerprint density at radius 1 is 0.982 bits per heavy atom. The van der Waals surface area contributed by atoms with E-state index in [1.54, 1.807) is 64.1 Å². The molecule has 3 aliphatic rings. The summed E-state index contributed by atoms with van der Waals surface area (Å²) in [5.74, 6) is -3.01. The number of aldehydes is 1. The van der Waals surface area contributed by atoms with Crippen molar-refractivity contribution in [3.8, 4) is 0 Å². The second-order valence-corrected chi connectivity index (χ2v) is 15.5. The van der Waals surface area contributed by atoms with Crippen molar-refractivity contribution in [1.82, 2.24) is 4.90 Å². The maximum absolute atomic E-state index is 13.2. The molecule has 0 aromatic rings. The van der Waals surface area contributed by atoms with Gasteiger partial charge in [-0.15, -0.1) is 0 Å². The van der Waals surface area contributed by atoms with Crippen molar-refractivity contribution in [1.29, 1.82) is 0 Å². The number of carbonyl (C=O) groups is 4. The van der Waals surface area contributed by atoms with Crippen molar-refractivity contribution >= 4 is 24.2 Å². The Kier molecular flexibility index (Phi) is 17.9. The Bertz CT molecular complexity index is 1320. The van der Waals surface area contributed by atoms with Gasteiger partial charge in [0.2, 0.25) is 0 Å². The number of carbonyl (C=O) groups excluding carboxylic acids is 4. The highest BCUT2D eigenvalue weighted by molar-refractivity contribution is 5.72. The average Bonchev–Trinajstić information content (AvgIpc) is 3.06. The summed E-state index contributed by atoms with van der Waals surface area (Å²) in [6.07, 6.45) is -4.26. The number of ether oxygens (including phenoxy) is 8. The Morgan fingerprint density at radius 3 is 2.24 bits per heavy atom. The lowest BCUT2D eigenvalue weighted by molar-refractivity contribution is -0.344. The fourth-order valence-corrected chi connectivity index (χ4v) is 7.73. The Balaban J connectivity index is 2.01. The van der Waals surface area contributed by atoms with E-state index in [1.165, 1.54) is 27.9 Å². The number of likely N-dealkylation sites (N-methyl/N-ethyl adjacent to an activating group) is 1. The molecule has 0 aliphatic carbocycles. The summed E-state index contributed by atoms with van der Waals surface area (Å²) in [4.78, 5) is 51.3. The van der Waals surface area contributed by atoms with E-state index < -0.39 is 121 Å². The van der Waals surface area contributed by atoms with Crippen LogP contribution in [0.2, 0.25) is 0 Å². The highest BCUT2D eigenvalue weighted by atomic mass is 16.7. The van der Waals surface area contributed by atoms with Gasteiger partial charge in [-0.1, -0.05) is 31.2 Å².